The maximum absolute atomic E-state index is 13.6. The van der Waals surface area contributed by atoms with Crippen LogP contribution in [-0.2, 0) is 16.6 Å². The molecule has 4 nitrogen and oxygen atoms in total. The highest BCUT2D eigenvalue weighted by Gasteiger charge is 2.46. The summed E-state index contributed by atoms with van der Waals surface area (Å²) in [6.07, 6.45) is 6.05. The van der Waals surface area contributed by atoms with E-state index >= 15 is 0 Å². The van der Waals surface area contributed by atoms with Crippen molar-refractivity contribution >= 4 is 11.8 Å². The minimum atomic E-state index is -0.392. The van der Waals surface area contributed by atoms with Crippen molar-refractivity contribution in [2.45, 2.75) is 43.9 Å². The number of likely N-dealkylation sites (tertiary alicyclic amines) is 1. The van der Waals surface area contributed by atoms with Crippen molar-refractivity contribution in [1.82, 2.24) is 4.90 Å². The topological polar surface area (TPSA) is 63.4 Å². The molecule has 2 aliphatic rings. The molecule has 146 valence electrons. The van der Waals surface area contributed by atoms with Gasteiger partial charge in [-0.05, 0) is 54.9 Å². The summed E-state index contributed by atoms with van der Waals surface area (Å²) in [7, 11) is 0. The van der Waals surface area contributed by atoms with E-state index in [9.17, 15) is 9.59 Å². The summed E-state index contributed by atoms with van der Waals surface area (Å²) >= 11 is 0. The predicted molar refractivity (Wildman–Crippen MR) is 110 cm³/mol. The molecule has 4 heteroatoms. The number of nitrogens with zero attached hydrogens (tertiary/aromatic N) is 1. The Balaban J connectivity index is 1.47. The second kappa shape index (κ2) is 7.78. The van der Waals surface area contributed by atoms with Gasteiger partial charge in [-0.2, -0.15) is 0 Å². The molecule has 1 aliphatic carbocycles. The van der Waals surface area contributed by atoms with Crippen LogP contribution in [-0.4, -0.2) is 29.8 Å². The van der Waals surface area contributed by atoms with Crippen LogP contribution >= 0.6 is 0 Å². The fourth-order valence-corrected chi connectivity index (χ4v) is 5.03. The third-order valence-electron chi connectivity index (χ3n) is 6.50. The zero-order valence-corrected chi connectivity index (χ0v) is 16.3. The van der Waals surface area contributed by atoms with Crippen LogP contribution in [0.25, 0.3) is 0 Å². The number of nitrogens with two attached hydrogens (primary N) is 1. The zero-order valence-electron chi connectivity index (χ0n) is 16.3. The van der Waals surface area contributed by atoms with Crippen LogP contribution in [0, 0.1) is 5.92 Å². The Labute approximate surface area is 166 Å². The van der Waals surface area contributed by atoms with Gasteiger partial charge >= 0.3 is 0 Å². The lowest BCUT2D eigenvalue weighted by atomic mass is 9.77. The van der Waals surface area contributed by atoms with E-state index < -0.39 is 5.91 Å². The quantitative estimate of drug-likeness (QED) is 0.865. The standard InChI is InChI=1S/C24H28N2O2/c25-22(27)20-8-6-7-18(16-20)15-19-11-14-26(17-19)23(28)24(12-4-5-13-24)21-9-2-1-3-10-21/h1-3,6-10,16,19H,4-5,11-15,17H2,(H2,25,27)/t19-/m0/s1. The van der Waals surface area contributed by atoms with Gasteiger partial charge in [0.25, 0.3) is 0 Å². The number of carbonyl (C=O) groups excluding carboxylic acids is 2. The SMILES string of the molecule is NC(=O)c1cccc(C[C@@H]2CCN(C(=O)C3(c4ccccc4)CCCC3)C2)c1. The second-order valence-corrected chi connectivity index (χ2v) is 8.33. The average molecular weight is 377 g/mol. The maximum Gasteiger partial charge on any atom is 0.248 e. The molecule has 0 spiro atoms. The summed E-state index contributed by atoms with van der Waals surface area (Å²) in [6, 6.07) is 17.9. The minimum absolute atomic E-state index is 0.310. The monoisotopic (exact) mass is 376 g/mol. The van der Waals surface area contributed by atoms with Crippen LogP contribution in [0.5, 0.6) is 0 Å². The molecule has 2 aromatic rings. The van der Waals surface area contributed by atoms with Crippen molar-refractivity contribution in [3.05, 3.63) is 71.3 Å². The summed E-state index contributed by atoms with van der Waals surface area (Å²) in [4.78, 5) is 27.1. The van der Waals surface area contributed by atoms with Crippen molar-refractivity contribution in [2.75, 3.05) is 13.1 Å². The Bertz CT molecular complexity index is 856. The first-order valence-corrected chi connectivity index (χ1v) is 10.3. The van der Waals surface area contributed by atoms with Crippen molar-refractivity contribution in [3.63, 3.8) is 0 Å². The van der Waals surface area contributed by atoms with Crippen molar-refractivity contribution in [2.24, 2.45) is 11.7 Å². The molecular formula is C24H28N2O2. The Kier molecular flexibility index (Phi) is 5.21. The molecule has 4 rings (SSSR count). The van der Waals surface area contributed by atoms with Gasteiger partial charge < -0.3 is 10.6 Å². The molecule has 1 saturated carbocycles. The largest absolute Gasteiger partial charge is 0.366 e. The van der Waals surface area contributed by atoms with Crippen LogP contribution in [0.15, 0.2) is 54.6 Å². The fourth-order valence-electron chi connectivity index (χ4n) is 5.03. The smallest absolute Gasteiger partial charge is 0.248 e. The Hall–Kier alpha value is -2.62. The molecule has 0 bridgehead atoms. The Morgan fingerprint density at radius 2 is 1.79 bits per heavy atom. The van der Waals surface area contributed by atoms with Gasteiger partial charge in [-0.3, -0.25) is 9.59 Å². The Morgan fingerprint density at radius 3 is 2.50 bits per heavy atom. The summed E-state index contributed by atoms with van der Waals surface area (Å²) in [5, 5.41) is 0. The number of rotatable bonds is 5. The average Bonchev–Trinajstić information content (AvgIpc) is 3.39. The molecule has 0 radical (unpaired) electrons. The molecule has 1 aliphatic heterocycles. The molecule has 2 N–H and O–H groups in total. The number of carbonyl (C=O) groups is 2. The normalized spacial score (nSPS) is 21.0. The highest BCUT2D eigenvalue weighted by atomic mass is 16.2. The van der Waals surface area contributed by atoms with E-state index in [1.807, 2.05) is 36.4 Å². The summed E-state index contributed by atoms with van der Waals surface area (Å²) in [5.41, 5.74) is 7.92. The highest BCUT2D eigenvalue weighted by Crippen LogP contribution is 2.43. The van der Waals surface area contributed by atoms with Crippen molar-refractivity contribution in [1.29, 1.82) is 0 Å². The maximum atomic E-state index is 13.6. The number of hydrogen-bond acceptors (Lipinski definition) is 2. The van der Waals surface area contributed by atoms with E-state index in [0.29, 0.717) is 17.4 Å². The van der Waals surface area contributed by atoms with Gasteiger partial charge in [-0.15, -0.1) is 0 Å². The van der Waals surface area contributed by atoms with Crippen LogP contribution in [0.1, 0.15) is 53.6 Å². The van der Waals surface area contributed by atoms with Gasteiger partial charge in [-0.25, -0.2) is 0 Å². The highest BCUT2D eigenvalue weighted by molar-refractivity contribution is 5.93. The van der Waals surface area contributed by atoms with E-state index in [0.717, 1.165) is 57.2 Å². The first kappa shape index (κ1) is 18.7. The molecule has 1 heterocycles. The lowest BCUT2D eigenvalue weighted by Crippen LogP contribution is -2.44. The second-order valence-electron chi connectivity index (χ2n) is 8.33. The number of benzene rings is 2. The van der Waals surface area contributed by atoms with Gasteiger partial charge in [0.05, 0.1) is 5.41 Å². The Morgan fingerprint density at radius 1 is 1.04 bits per heavy atom. The van der Waals surface area contributed by atoms with Gasteiger partial charge in [0, 0.05) is 18.7 Å². The van der Waals surface area contributed by atoms with Crippen molar-refractivity contribution in [3.8, 4) is 0 Å². The van der Waals surface area contributed by atoms with E-state index in [4.69, 9.17) is 5.73 Å². The van der Waals surface area contributed by atoms with E-state index in [2.05, 4.69) is 17.0 Å². The third kappa shape index (κ3) is 3.56. The van der Waals surface area contributed by atoms with Crippen LogP contribution in [0.2, 0.25) is 0 Å². The van der Waals surface area contributed by atoms with E-state index in [-0.39, 0.29) is 5.41 Å². The first-order valence-electron chi connectivity index (χ1n) is 10.3. The summed E-state index contributed by atoms with van der Waals surface area (Å²) in [5.74, 6) is 0.349. The number of amides is 2. The molecule has 2 aromatic carbocycles. The first-order chi connectivity index (χ1) is 13.6. The predicted octanol–water partition coefficient (Wildman–Crippen LogP) is 3.69. The molecular weight excluding hydrogens is 348 g/mol. The van der Waals surface area contributed by atoms with Gasteiger partial charge in [0.1, 0.15) is 0 Å². The molecule has 1 atom stereocenters. The number of hydrogen-bond donors (Lipinski definition) is 1. The number of primary amides is 1. The van der Waals surface area contributed by atoms with Crippen LogP contribution < -0.4 is 5.73 Å². The molecule has 2 fully saturated rings. The minimum Gasteiger partial charge on any atom is -0.366 e. The molecule has 2 amide bonds. The van der Waals surface area contributed by atoms with Gasteiger partial charge in [0.2, 0.25) is 11.8 Å². The summed E-state index contributed by atoms with van der Waals surface area (Å²) < 4.78 is 0. The summed E-state index contributed by atoms with van der Waals surface area (Å²) in [6.45, 7) is 1.63. The van der Waals surface area contributed by atoms with Crippen molar-refractivity contribution < 1.29 is 9.59 Å². The third-order valence-corrected chi connectivity index (χ3v) is 6.50. The van der Waals surface area contributed by atoms with Crippen LogP contribution in [0.3, 0.4) is 0 Å². The molecule has 28 heavy (non-hydrogen) atoms. The van der Waals surface area contributed by atoms with Gasteiger partial charge in [-0.1, -0.05) is 55.3 Å². The molecule has 1 saturated heterocycles. The lowest BCUT2D eigenvalue weighted by Gasteiger charge is -2.33. The fraction of sp³-hybridized carbons (Fsp3) is 0.417. The van der Waals surface area contributed by atoms with E-state index in [1.165, 1.54) is 5.56 Å². The van der Waals surface area contributed by atoms with Gasteiger partial charge in [0.15, 0.2) is 0 Å². The van der Waals surface area contributed by atoms with Crippen LogP contribution in [0.4, 0.5) is 0 Å². The molecule has 0 aromatic heterocycles. The zero-order chi connectivity index (χ0) is 19.6. The van der Waals surface area contributed by atoms with E-state index in [1.54, 1.807) is 6.07 Å². The lowest BCUT2D eigenvalue weighted by molar-refractivity contribution is -0.136. The molecule has 0 unspecified atom stereocenters.